The minimum absolute atomic E-state index is 0.0350. The van der Waals surface area contributed by atoms with Gasteiger partial charge in [0.1, 0.15) is 0 Å². The summed E-state index contributed by atoms with van der Waals surface area (Å²) >= 11 is 0. The fourth-order valence-electron chi connectivity index (χ4n) is 3.72. The van der Waals surface area contributed by atoms with Crippen LogP contribution in [0, 0.1) is 0 Å². The minimum atomic E-state index is -0.277. The van der Waals surface area contributed by atoms with Gasteiger partial charge in [-0.3, -0.25) is 33.8 Å². The number of nitrogens with zero attached hydrogens (tertiary/aromatic N) is 2. The number of hydrogen-bond acceptors (Lipinski definition) is 6. The molecule has 2 N–H and O–H groups in total. The Morgan fingerprint density at radius 2 is 1.21 bits per heavy atom. The van der Waals surface area contributed by atoms with Crippen molar-refractivity contribution in [2.45, 2.75) is 50.6 Å². The number of carbonyl (C=O) groups is 5. The van der Waals surface area contributed by atoms with Gasteiger partial charge in [-0.25, -0.2) is 0 Å². The highest BCUT2D eigenvalue weighted by molar-refractivity contribution is 6.13. The van der Waals surface area contributed by atoms with Gasteiger partial charge in [0.25, 0.3) is 23.6 Å². The Kier molecular flexibility index (Phi) is 6.92. The molecule has 2 atom stereocenters. The predicted octanol–water partition coefficient (Wildman–Crippen LogP) is -0.366. The van der Waals surface area contributed by atoms with Gasteiger partial charge in [0.2, 0.25) is 5.91 Å². The van der Waals surface area contributed by atoms with E-state index in [1.54, 1.807) is 0 Å². The van der Waals surface area contributed by atoms with Gasteiger partial charge in [0.05, 0.1) is 6.04 Å². The van der Waals surface area contributed by atoms with Gasteiger partial charge in [-0.05, 0) is 38.5 Å². The van der Waals surface area contributed by atoms with E-state index >= 15 is 0 Å². The molecule has 29 heavy (non-hydrogen) atoms. The summed E-state index contributed by atoms with van der Waals surface area (Å²) in [5, 5.41) is 6.28. The van der Waals surface area contributed by atoms with Crippen LogP contribution in [-0.4, -0.2) is 71.1 Å². The van der Waals surface area contributed by atoms with Crippen LogP contribution in [0.2, 0.25) is 0 Å². The molecule has 0 saturated carbocycles. The first-order valence-corrected chi connectivity index (χ1v) is 10.1. The zero-order valence-electron chi connectivity index (χ0n) is 16.3. The van der Waals surface area contributed by atoms with Crippen molar-refractivity contribution in [3.05, 3.63) is 24.3 Å². The Bertz CT molecular complexity index is 724. The van der Waals surface area contributed by atoms with E-state index in [9.17, 15) is 24.0 Å². The monoisotopic (exact) mass is 402 g/mol. The molecule has 0 radical (unpaired) electrons. The molecule has 3 rings (SSSR count). The molecular formula is C20H26N4O5. The number of nitrogens with one attached hydrogen (secondary N) is 2. The number of hydrogen-bond donors (Lipinski definition) is 2. The van der Waals surface area contributed by atoms with Gasteiger partial charge >= 0.3 is 0 Å². The lowest BCUT2D eigenvalue weighted by molar-refractivity contribution is -0.138. The second-order valence-corrected chi connectivity index (χ2v) is 7.48. The van der Waals surface area contributed by atoms with E-state index in [0.717, 1.165) is 19.3 Å². The maximum atomic E-state index is 12.3. The summed E-state index contributed by atoms with van der Waals surface area (Å²) in [4.78, 5) is 60.7. The summed E-state index contributed by atoms with van der Waals surface area (Å²) < 4.78 is 0. The van der Waals surface area contributed by atoms with E-state index in [1.165, 1.54) is 34.1 Å². The number of amides is 5. The van der Waals surface area contributed by atoms with E-state index in [0.29, 0.717) is 38.9 Å². The van der Waals surface area contributed by atoms with Crippen LogP contribution in [0.4, 0.5) is 0 Å². The molecule has 9 nitrogen and oxygen atoms in total. The fourth-order valence-corrected chi connectivity index (χ4v) is 3.72. The van der Waals surface area contributed by atoms with Crippen LogP contribution in [0.1, 0.15) is 38.5 Å². The summed E-state index contributed by atoms with van der Waals surface area (Å²) in [6, 6.07) is -0.229. The zero-order chi connectivity index (χ0) is 20.8. The van der Waals surface area contributed by atoms with Crippen LogP contribution < -0.4 is 10.6 Å². The molecule has 0 aliphatic carbocycles. The molecule has 156 valence electrons. The third kappa shape index (κ3) is 5.38. The molecule has 0 bridgehead atoms. The highest BCUT2D eigenvalue weighted by atomic mass is 16.2. The van der Waals surface area contributed by atoms with Crippen molar-refractivity contribution in [2.24, 2.45) is 0 Å². The maximum Gasteiger partial charge on any atom is 0.253 e. The Morgan fingerprint density at radius 1 is 0.724 bits per heavy atom. The molecule has 3 aliphatic heterocycles. The van der Waals surface area contributed by atoms with Crippen LogP contribution in [0.5, 0.6) is 0 Å². The van der Waals surface area contributed by atoms with E-state index in [-0.39, 0.29) is 41.6 Å². The number of rotatable bonds is 10. The molecule has 0 spiro atoms. The lowest BCUT2D eigenvalue weighted by Crippen LogP contribution is -2.58. The van der Waals surface area contributed by atoms with Crippen molar-refractivity contribution in [2.75, 3.05) is 19.6 Å². The fraction of sp³-hybridized carbons (Fsp3) is 0.550. The van der Waals surface area contributed by atoms with E-state index in [2.05, 4.69) is 10.6 Å². The van der Waals surface area contributed by atoms with Crippen molar-refractivity contribution in [3.8, 4) is 0 Å². The largest absolute Gasteiger partial charge is 0.351 e. The van der Waals surface area contributed by atoms with Gasteiger partial charge in [-0.2, -0.15) is 0 Å². The number of piperazine rings is 1. The summed E-state index contributed by atoms with van der Waals surface area (Å²) in [5.74, 6) is -1.12. The van der Waals surface area contributed by atoms with Gasteiger partial charge in [0, 0.05) is 50.0 Å². The SMILES string of the molecule is O=C1NC(CCCCN2C(=O)C=CC2=O)CNC1CCCCN1C(=O)C=CC1=O. The molecule has 9 heteroatoms. The van der Waals surface area contributed by atoms with Crippen LogP contribution in [0.15, 0.2) is 24.3 Å². The van der Waals surface area contributed by atoms with E-state index in [1.807, 2.05) is 0 Å². The topological polar surface area (TPSA) is 116 Å². The highest BCUT2D eigenvalue weighted by Gasteiger charge is 2.28. The molecule has 5 amide bonds. The molecule has 0 aromatic heterocycles. The second kappa shape index (κ2) is 9.60. The molecule has 2 unspecified atom stereocenters. The van der Waals surface area contributed by atoms with Gasteiger partial charge in [-0.15, -0.1) is 0 Å². The van der Waals surface area contributed by atoms with E-state index in [4.69, 9.17) is 0 Å². The molecule has 3 heterocycles. The Morgan fingerprint density at radius 3 is 1.69 bits per heavy atom. The normalized spacial score (nSPS) is 24.2. The third-order valence-electron chi connectivity index (χ3n) is 5.38. The minimum Gasteiger partial charge on any atom is -0.351 e. The predicted molar refractivity (Wildman–Crippen MR) is 103 cm³/mol. The lowest BCUT2D eigenvalue weighted by Gasteiger charge is -2.30. The first kappa shape index (κ1) is 20.9. The first-order chi connectivity index (χ1) is 14.0. The van der Waals surface area contributed by atoms with Crippen LogP contribution >= 0.6 is 0 Å². The standard InChI is InChI=1S/C20H26N4O5/c25-16-7-8-17(26)23(16)11-3-1-5-14-13-21-15(20(29)22-14)6-2-4-12-24-18(27)9-10-19(24)28/h7-10,14-15,21H,1-6,11-13H2,(H,22,29). The number of imide groups is 2. The Hall–Kier alpha value is -2.81. The van der Waals surface area contributed by atoms with Gasteiger partial charge in [-0.1, -0.05) is 0 Å². The summed E-state index contributed by atoms with van der Waals surface area (Å²) in [5.41, 5.74) is 0. The van der Waals surface area contributed by atoms with Gasteiger partial charge in [0.15, 0.2) is 0 Å². The average Bonchev–Trinajstić information content (AvgIpc) is 3.19. The molecular weight excluding hydrogens is 376 g/mol. The molecule has 1 saturated heterocycles. The lowest BCUT2D eigenvalue weighted by atomic mass is 10.0. The smallest absolute Gasteiger partial charge is 0.253 e. The van der Waals surface area contributed by atoms with Crippen molar-refractivity contribution in [1.29, 1.82) is 0 Å². The summed E-state index contributed by atoms with van der Waals surface area (Å²) in [7, 11) is 0. The first-order valence-electron chi connectivity index (χ1n) is 10.1. The Balaban J connectivity index is 1.27. The molecule has 1 fully saturated rings. The Labute approximate surface area is 169 Å². The molecule has 3 aliphatic rings. The average molecular weight is 402 g/mol. The quantitative estimate of drug-likeness (QED) is 0.381. The van der Waals surface area contributed by atoms with Gasteiger partial charge < -0.3 is 10.6 Å². The highest BCUT2D eigenvalue weighted by Crippen LogP contribution is 2.12. The van der Waals surface area contributed by atoms with Crippen LogP contribution in [0.3, 0.4) is 0 Å². The molecule has 0 aromatic rings. The van der Waals surface area contributed by atoms with Crippen LogP contribution in [0.25, 0.3) is 0 Å². The molecule has 0 aromatic carbocycles. The van der Waals surface area contributed by atoms with Crippen molar-refractivity contribution < 1.29 is 24.0 Å². The third-order valence-corrected chi connectivity index (χ3v) is 5.38. The van der Waals surface area contributed by atoms with Crippen molar-refractivity contribution >= 4 is 29.5 Å². The number of carbonyl (C=O) groups excluding carboxylic acids is 5. The zero-order valence-corrected chi connectivity index (χ0v) is 16.3. The number of unbranched alkanes of at least 4 members (excludes halogenated alkanes) is 2. The van der Waals surface area contributed by atoms with Crippen molar-refractivity contribution in [1.82, 2.24) is 20.4 Å². The summed E-state index contributed by atoms with van der Waals surface area (Å²) in [6.07, 6.45) is 9.45. The van der Waals surface area contributed by atoms with Crippen molar-refractivity contribution in [3.63, 3.8) is 0 Å². The summed E-state index contributed by atoms with van der Waals surface area (Å²) in [6.45, 7) is 1.45. The van der Waals surface area contributed by atoms with E-state index < -0.39 is 0 Å². The second-order valence-electron chi connectivity index (χ2n) is 7.48. The maximum absolute atomic E-state index is 12.3. The van der Waals surface area contributed by atoms with Crippen LogP contribution in [-0.2, 0) is 24.0 Å².